The molecule has 2 heterocycles. The van der Waals surface area contributed by atoms with E-state index in [4.69, 9.17) is 9.47 Å². The smallest absolute Gasteiger partial charge is 0.228 e. The highest BCUT2D eigenvalue weighted by atomic mass is 16.5. The predicted octanol–water partition coefficient (Wildman–Crippen LogP) is 6.70. The van der Waals surface area contributed by atoms with Crippen LogP contribution in [0.1, 0.15) is 128 Å². The molecule has 0 spiro atoms. The van der Waals surface area contributed by atoms with Crippen molar-refractivity contribution in [2.45, 2.75) is 152 Å². The molecule has 2 fully saturated rings. The summed E-state index contributed by atoms with van der Waals surface area (Å²) in [5.41, 5.74) is -1.09. The molecular formula is C33H66N2O5. The van der Waals surface area contributed by atoms with Crippen LogP contribution in [0.25, 0.3) is 0 Å². The number of aliphatic hydroxyl groups is 1. The average Bonchev–Trinajstić information content (AvgIpc) is 3.26. The second-order valence-corrected chi connectivity index (χ2v) is 14.0. The van der Waals surface area contributed by atoms with Gasteiger partial charge in [0.25, 0.3) is 0 Å². The summed E-state index contributed by atoms with van der Waals surface area (Å²) in [6, 6.07) is -0.185. The quantitative estimate of drug-likeness (QED) is 0.266. The molecule has 0 bridgehead atoms. The monoisotopic (exact) mass is 570 g/mol. The van der Waals surface area contributed by atoms with Gasteiger partial charge >= 0.3 is 0 Å². The van der Waals surface area contributed by atoms with Crippen LogP contribution in [0.5, 0.6) is 0 Å². The summed E-state index contributed by atoms with van der Waals surface area (Å²) in [4.78, 5) is 31.3. The van der Waals surface area contributed by atoms with Crippen molar-refractivity contribution in [2.24, 2.45) is 16.2 Å². The molecule has 2 rings (SSSR count). The normalized spacial score (nSPS) is 24.9. The van der Waals surface area contributed by atoms with E-state index in [-0.39, 0.29) is 47.4 Å². The van der Waals surface area contributed by atoms with Crippen molar-refractivity contribution in [3.05, 3.63) is 0 Å². The van der Waals surface area contributed by atoms with Crippen molar-refractivity contribution in [2.75, 3.05) is 34.0 Å². The van der Waals surface area contributed by atoms with Crippen molar-refractivity contribution in [3.63, 3.8) is 0 Å². The maximum Gasteiger partial charge on any atom is 0.228 e. The van der Waals surface area contributed by atoms with Gasteiger partial charge in [0.05, 0.1) is 31.4 Å². The summed E-state index contributed by atoms with van der Waals surface area (Å²) in [7, 11) is 3.35. The first-order valence-electron chi connectivity index (χ1n) is 15.8. The maximum atomic E-state index is 13.8. The van der Waals surface area contributed by atoms with Gasteiger partial charge in [-0.05, 0) is 49.9 Å². The highest BCUT2D eigenvalue weighted by Crippen LogP contribution is 2.47. The van der Waals surface area contributed by atoms with Crippen LogP contribution in [0.15, 0.2) is 0 Å². The van der Waals surface area contributed by atoms with Crippen molar-refractivity contribution in [1.29, 1.82) is 0 Å². The van der Waals surface area contributed by atoms with E-state index in [1.807, 2.05) is 51.3 Å². The van der Waals surface area contributed by atoms with E-state index in [0.29, 0.717) is 32.4 Å². The fourth-order valence-electron chi connectivity index (χ4n) is 7.51. The lowest BCUT2D eigenvalue weighted by atomic mass is 9.67. The molecule has 40 heavy (non-hydrogen) atoms. The summed E-state index contributed by atoms with van der Waals surface area (Å²) in [5.74, 6) is 0.160. The second-order valence-electron chi connectivity index (χ2n) is 14.0. The van der Waals surface area contributed by atoms with Crippen LogP contribution in [0.2, 0.25) is 0 Å². The van der Waals surface area contributed by atoms with E-state index < -0.39 is 11.0 Å². The molecule has 0 saturated carbocycles. The molecule has 4 atom stereocenters. The Bertz CT molecular complexity index is 766. The zero-order valence-electron chi connectivity index (χ0n) is 28.8. The Kier molecular flexibility index (Phi) is 16.0. The SMILES string of the molecule is CC.CC.CCCC(C)(C)CC(C)(C)CC(=O)N1C(CO)CC1(C)CC(C)(C)C(=O)N1CC(OC)CC1COC. The molecule has 2 aliphatic heterocycles. The maximum absolute atomic E-state index is 13.8. The van der Waals surface area contributed by atoms with E-state index in [2.05, 4.69) is 41.5 Å². The minimum Gasteiger partial charge on any atom is -0.394 e. The Balaban J connectivity index is 0.00000363. The van der Waals surface area contributed by atoms with Crippen LogP contribution < -0.4 is 0 Å². The third-order valence-corrected chi connectivity index (χ3v) is 8.35. The standard InChI is InChI=1S/C29H54N2O5.2C2H6/c1-11-12-26(2,3)19-27(4,5)15-24(33)31-22(17-32)14-29(31,8)20-28(6,7)25(34)30-16-23(36-10)13-21(30)18-35-9;2*1-2/h21-23,32H,11-20H2,1-10H3;2*1-2H3. The summed E-state index contributed by atoms with van der Waals surface area (Å²) in [6.45, 7) is 26.2. The average molecular weight is 571 g/mol. The summed E-state index contributed by atoms with van der Waals surface area (Å²) >= 11 is 0. The number of hydrogen-bond acceptors (Lipinski definition) is 5. The molecule has 2 aliphatic rings. The van der Waals surface area contributed by atoms with Gasteiger partial charge in [-0.3, -0.25) is 9.59 Å². The van der Waals surface area contributed by atoms with Gasteiger partial charge in [0.1, 0.15) is 0 Å². The van der Waals surface area contributed by atoms with Crippen molar-refractivity contribution in [1.82, 2.24) is 9.80 Å². The number of nitrogens with zero attached hydrogens (tertiary/aromatic N) is 2. The number of ether oxygens (including phenoxy) is 2. The Morgan fingerprint density at radius 1 is 0.975 bits per heavy atom. The fourth-order valence-corrected chi connectivity index (χ4v) is 7.51. The zero-order chi connectivity index (χ0) is 31.5. The molecule has 0 radical (unpaired) electrons. The van der Waals surface area contributed by atoms with Gasteiger partial charge < -0.3 is 24.4 Å². The van der Waals surface area contributed by atoms with E-state index in [1.165, 1.54) is 0 Å². The Hall–Kier alpha value is -1.18. The van der Waals surface area contributed by atoms with Gasteiger partial charge in [0, 0.05) is 38.1 Å². The molecule has 0 aromatic carbocycles. The number of amides is 2. The molecule has 7 nitrogen and oxygen atoms in total. The van der Waals surface area contributed by atoms with Crippen molar-refractivity contribution in [3.8, 4) is 0 Å². The summed E-state index contributed by atoms with van der Waals surface area (Å²) in [5, 5.41) is 10.0. The lowest BCUT2D eigenvalue weighted by Gasteiger charge is -2.59. The molecular weight excluding hydrogens is 504 g/mol. The molecule has 0 aromatic rings. The molecule has 0 aromatic heterocycles. The molecule has 238 valence electrons. The van der Waals surface area contributed by atoms with Gasteiger partial charge in [0.2, 0.25) is 11.8 Å². The number of hydrogen-bond donors (Lipinski definition) is 1. The van der Waals surface area contributed by atoms with Gasteiger partial charge in [-0.25, -0.2) is 0 Å². The zero-order valence-corrected chi connectivity index (χ0v) is 28.8. The Morgan fingerprint density at radius 2 is 1.55 bits per heavy atom. The number of likely N-dealkylation sites (tertiary alicyclic amines) is 2. The molecule has 2 amide bonds. The Labute approximate surface area is 247 Å². The summed E-state index contributed by atoms with van der Waals surface area (Å²) in [6.07, 6.45) is 5.71. The topological polar surface area (TPSA) is 79.3 Å². The molecule has 2 saturated heterocycles. The van der Waals surface area contributed by atoms with Crippen LogP contribution in [0, 0.1) is 16.2 Å². The number of carbonyl (C=O) groups is 2. The third-order valence-electron chi connectivity index (χ3n) is 8.35. The molecule has 7 heteroatoms. The van der Waals surface area contributed by atoms with Gasteiger partial charge in [-0.2, -0.15) is 0 Å². The highest BCUT2D eigenvalue weighted by Gasteiger charge is 2.55. The molecule has 1 N–H and O–H groups in total. The summed E-state index contributed by atoms with van der Waals surface area (Å²) < 4.78 is 10.9. The van der Waals surface area contributed by atoms with Gasteiger partial charge in [-0.15, -0.1) is 0 Å². The number of methoxy groups -OCH3 is 2. The minimum atomic E-state index is -0.666. The van der Waals surface area contributed by atoms with Crippen molar-refractivity contribution >= 4 is 11.8 Å². The van der Waals surface area contributed by atoms with E-state index in [0.717, 1.165) is 25.7 Å². The van der Waals surface area contributed by atoms with Crippen LogP contribution in [0.4, 0.5) is 0 Å². The van der Waals surface area contributed by atoms with Gasteiger partial charge in [-0.1, -0.05) is 82.6 Å². The molecule has 4 unspecified atom stereocenters. The first-order valence-corrected chi connectivity index (χ1v) is 15.8. The van der Waals surface area contributed by atoms with E-state index in [1.54, 1.807) is 14.2 Å². The Morgan fingerprint density at radius 3 is 2.02 bits per heavy atom. The van der Waals surface area contributed by atoms with Crippen molar-refractivity contribution < 1.29 is 24.2 Å². The largest absolute Gasteiger partial charge is 0.394 e. The number of rotatable bonds is 13. The first kappa shape index (κ1) is 38.8. The van der Waals surface area contributed by atoms with Crippen LogP contribution >= 0.6 is 0 Å². The minimum absolute atomic E-state index is 0.00359. The number of carbonyl (C=O) groups excluding carboxylic acids is 2. The van der Waals surface area contributed by atoms with E-state index in [9.17, 15) is 14.7 Å². The third kappa shape index (κ3) is 10.3. The van der Waals surface area contributed by atoms with E-state index >= 15 is 0 Å². The number of aliphatic hydroxyl groups excluding tert-OH is 1. The fraction of sp³-hybridized carbons (Fsp3) is 0.939. The molecule has 0 aliphatic carbocycles. The van der Waals surface area contributed by atoms with Crippen LogP contribution in [0.3, 0.4) is 0 Å². The lowest BCUT2D eigenvalue weighted by Crippen LogP contribution is -2.69. The lowest BCUT2D eigenvalue weighted by molar-refractivity contribution is -0.169. The predicted molar refractivity (Wildman–Crippen MR) is 166 cm³/mol. The second kappa shape index (κ2) is 16.5. The first-order chi connectivity index (χ1) is 18.5. The van der Waals surface area contributed by atoms with Crippen LogP contribution in [-0.4, -0.2) is 84.4 Å². The van der Waals surface area contributed by atoms with Crippen LogP contribution in [-0.2, 0) is 19.1 Å². The highest BCUT2D eigenvalue weighted by molar-refractivity contribution is 5.83. The van der Waals surface area contributed by atoms with Gasteiger partial charge in [0.15, 0.2) is 0 Å².